The third-order valence-corrected chi connectivity index (χ3v) is 4.18. The molecular formula is C14H23NO2. The van der Waals surface area contributed by atoms with Gasteiger partial charge in [-0.3, -0.25) is 9.59 Å². The Kier molecular flexibility index (Phi) is 3.04. The smallest absolute Gasteiger partial charge is 0.228 e. The number of piperidine rings is 1. The van der Waals surface area contributed by atoms with Crippen molar-refractivity contribution in [1.29, 1.82) is 0 Å². The molecule has 2 aliphatic heterocycles. The number of amides is 1. The van der Waals surface area contributed by atoms with Gasteiger partial charge in [0, 0.05) is 23.4 Å². The Morgan fingerprint density at radius 1 is 1.06 bits per heavy atom. The van der Waals surface area contributed by atoms with E-state index in [-0.39, 0.29) is 17.2 Å². The molecule has 1 amide bonds. The SMILES string of the molecule is CC(=O)C1CC2CCC(C1)N2C(=O)C(C)(C)C. The quantitative estimate of drug-likeness (QED) is 0.702. The van der Waals surface area contributed by atoms with Gasteiger partial charge in [0.25, 0.3) is 0 Å². The fraction of sp³-hybridized carbons (Fsp3) is 0.857. The van der Waals surface area contributed by atoms with E-state index in [9.17, 15) is 9.59 Å². The molecule has 0 radical (unpaired) electrons. The molecule has 2 saturated heterocycles. The van der Waals surface area contributed by atoms with Crippen molar-refractivity contribution in [3.05, 3.63) is 0 Å². The Labute approximate surface area is 104 Å². The van der Waals surface area contributed by atoms with Crippen molar-refractivity contribution < 1.29 is 9.59 Å². The predicted molar refractivity (Wildman–Crippen MR) is 66.5 cm³/mol. The molecule has 2 bridgehead atoms. The molecule has 96 valence electrons. The van der Waals surface area contributed by atoms with Crippen LogP contribution in [-0.4, -0.2) is 28.7 Å². The first kappa shape index (κ1) is 12.6. The number of carbonyl (C=O) groups is 2. The van der Waals surface area contributed by atoms with Gasteiger partial charge in [0.15, 0.2) is 0 Å². The van der Waals surface area contributed by atoms with Crippen molar-refractivity contribution in [3.63, 3.8) is 0 Å². The van der Waals surface area contributed by atoms with E-state index in [2.05, 4.69) is 4.90 Å². The maximum atomic E-state index is 12.4. The molecule has 3 heteroatoms. The van der Waals surface area contributed by atoms with Gasteiger partial charge < -0.3 is 4.90 Å². The molecule has 0 aromatic carbocycles. The largest absolute Gasteiger partial charge is 0.336 e. The number of nitrogens with zero attached hydrogens (tertiary/aromatic N) is 1. The third kappa shape index (κ3) is 2.24. The zero-order valence-corrected chi connectivity index (χ0v) is 11.3. The minimum atomic E-state index is -0.302. The van der Waals surface area contributed by atoms with Gasteiger partial charge in [-0.15, -0.1) is 0 Å². The van der Waals surface area contributed by atoms with Crippen molar-refractivity contribution in [1.82, 2.24) is 4.90 Å². The molecule has 17 heavy (non-hydrogen) atoms. The fourth-order valence-corrected chi connectivity index (χ4v) is 3.23. The first-order valence-corrected chi connectivity index (χ1v) is 6.64. The van der Waals surface area contributed by atoms with Gasteiger partial charge in [0.05, 0.1) is 0 Å². The standard InChI is InChI=1S/C14H23NO2/c1-9(16)10-7-11-5-6-12(8-10)15(11)13(17)14(2,3)4/h10-12H,5-8H2,1-4H3. The molecule has 0 saturated carbocycles. The van der Waals surface area contributed by atoms with E-state index in [1.54, 1.807) is 6.92 Å². The molecule has 0 aromatic rings. The Balaban J connectivity index is 2.14. The summed E-state index contributed by atoms with van der Waals surface area (Å²) in [6.45, 7) is 7.62. The van der Waals surface area contributed by atoms with Gasteiger partial charge in [-0.1, -0.05) is 20.8 Å². The summed E-state index contributed by atoms with van der Waals surface area (Å²) in [5, 5.41) is 0. The molecule has 0 spiro atoms. The molecule has 2 aliphatic rings. The second-order valence-corrected chi connectivity index (χ2v) is 6.63. The number of rotatable bonds is 1. The molecule has 0 N–H and O–H groups in total. The maximum absolute atomic E-state index is 12.4. The van der Waals surface area contributed by atoms with E-state index >= 15 is 0 Å². The fourth-order valence-electron chi connectivity index (χ4n) is 3.23. The summed E-state index contributed by atoms with van der Waals surface area (Å²) in [6.07, 6.45) is 3.92. The number of ketones is 1. The minimum absolute atomic E-state index is 0.191. The van der Waals surface area contributed by atoms with E-state index in [1.807, 2.05) is 20.8 Å². The van der Waals surface area contributed by atoms with E-state index in [1.165, 1.54) is 0 Å². The van der Waals surface area contributed by atoms with Crippen LogP contribution in [0.2, 0.25) is 0 Å². The van der Waals surface area contributed by atoms with Crippen molar-refractivity contribution >= 4 is 11.7 Å². The highest BCUT2D eigenvalue weighted by Gasteiger charge is 2.46. The molecular weight excluding hydrogens is 214 g/mol. The summed E-state index contributed by atoms with van der Waals surface area (Å²) in [5.74, 6) is 0.744. The van der Waals surface area contributed by atoms with E-state index < -0.39 is 0 Å². The predicted octanol–water partition coefficient (Wildman–Crippen LogP) is 2.39. The van der Waals surface area contributed by atoms with Crippen LogP contribution < -0.4 is 0 Å². The Bertz CT molecular complexity index is 329. The molecule has 2 fully saturated rings. The van der Waals surface area contributed by atoms with Gasteiger partial charge in [0.2, 0.25) is 5.91 Å². The number of Topliss-reactive ketones (excluding diaryl/α,β-unsaturated/α-hetero) is 1. The number of carbonyl (C=O) groups excluding carboxylic acids is 2. The average Bonchev–Trinajstić information content (AvgIpc) is 2.45. The summed E-state index contributed by atoms with van der Waals surface area (Å²) in [6, 6.07) is 0.628. The zero-order valence-electron chi connectivity index (χ0n) is 11.3. The monoisotopic (exact) mass is 237 g/mol. The highest BCUT2D eigenvalue weighted by molar-refractivity contribution is 5.83. The molecule has 2 rings (SSSR count). The van der Waals surface area contributed by atoms with Crippen molar-refractivity contribution in [2.75, 3.05) is 0 Å². The molecule has 0 aromatic heterocycles. The summed E-state index contributed by atoms with van der Waals surface area (Å²) < 4.78 is 0. The van der Waals surface area contributed by atoms with Crippen LogP contribution in [0.15, 0.2) is 0 Å². The van der Waals surface area contributed by atoms with Crippen LogP contribution in [-0.2, 0) is 9.59 Å². The molecule has 2 heterocycles. The van der Waals surface area contributed by atoms with Gasteiger partial charge in [0.1, 0.15) is 5.78 Å². The number of hydrogen-bond acceptors (Lipinski definition) is 2. The third-order valence-electron chi connectivity index (χ3n) is 4.18. The van der Waals surface area contributed by atoms with Crippen molar-refractivity contribution in [2.45, 2.75) is 65.5 Å². The van der Waals surface area contributed by atoms with Gasteiger partial charge >= 0.3 is 0 Å². The lowest BCUT2D eigenvalue weighted by atomic mass is 9.85. The highest BCUT2D eigenvalue weighted by atomic mass is 16.2. The second-order valence-electron chi connectivity index (χ2n) is 6.63. The van der Waals surface area contributed by atoms with E-state index in [4.69, 9.17) is 0 Å². The van der Waals surface area contributed by atoms with Gasteiger partial charge in [-0.25, -0.2) is 0 Å². The highest BCUT2D eigenvalue weighted by Crippen LogP contribution is 2.41. The van der Waals surface area contributed by atoms with Crippen molar-refractivity contribution in [3.8, 4) is 0 Å². The summed E-state index contributed by atoms with van der Waals surface area (Å²) in [4.78, 5) is 26.0. The Hall–Kier alpha value is -0.860. The topological polar surface area (TPSA) is 37.4 Å². The van der Waals surface area contributed by atoms with Gasteiger partial charge in [-0.05, 0) is 32.6 Å². The Morgan fingerprint density at radius 3 is 1.88 bits per heavy atom. The second kappa shape index (κ2) is 4.11. The van der Waals surface area contributed by atoms with Crippen LogP contribution in [0.4, 0.5) is 0 Å². The van der Waals surface area contributed by atoms with Crippen LogP contribution >= 0.6 is 0 Å². The molecule has 2 atom stereocenters. The summed E-state index contributed by atoms with van der Waals surface area (Å²) in [7, 11) is 0. The van der Waals surface area contributed by atoms with E-state index in [0.717, 1.165) is 25.7 Å². The maximum Gasteiger partial charge on any atom is 0.228 e. The van der Waals surface area contributed by atoms with Crippen molar-refractivity contribution in [2.24, 2.45) is 11.3 Å². The Morgan fingerprint density at radius 2 is 1.53 bits per heavy atom. The normalized spacial score (nSPS) is 32.7. The lowest BCUT2D eigenvalue weighted by Gasteiger charge is -2.41. The first-order chi connectivity index (χ1) is 7.80. The van der Waals surface area contributed by atoms with Crippen LogP contribution in [0, 0.1) is 11.3 Å². The summed E-state index contributed by atoms with van der Waals surface area (Å²) >= 11 is 0. The lowest BCUT2D eigenvalue weighted by molar-refractivity contribution is -0.146. The van der Waals surface area contributed by atoms with Gasteiger partial charge in [-0.2, -0.15) is 0 Å². The van der Waals surface area contributed by atoms with E-state index in [0.29, 0.717) is 17.9 Å². The molecule has 0 aliphatic carbocycles. The lowest BCUT2D eigenvalue weighted by Crippen LogP contribution is -2.51. The summed E-state index contributed by atoms with van der Waals surface area (Å²) in [5.41, 5.74) is -0.302. The number of fused-ring (bicyclic) bond motifs is 2. The molecule has 2 unspecified atom stereocenters. The van der Waals surface area contributed by atoms with Crippen LogP contribution in [0.5, 0.6) is 0 Å². The first-order valence-electron chi connectivity index (χ1n) is 6.64. The minimum Gasteiger partial charge on any atom is -0.336 e. The average molecular weight is 237 g/mol. The number of hydrogen-bond donors (Lipinski definition) is 0. The van der Waals surface area contributed by atoms with Crippen LogP contribution in [0.3, 0.4) is 0 Å². The zero-order chi connectivity index (χ0) is 12.8. The van der Waals surface area contributed by atoms with Crippen LogP contribution in [0.25, 0.3) is 0 Å². The van der Waals surface area contributed by atoms with Crippen LogP contribution in [0.1, 0.15) is 53.4 Å². The molecule has 3 nitrogen and oxygen atoms in total.